The first kappa shape index (κ1) is 13.1. The van der Waals surface area contributed by atoms with Gasteiger partial charge in [0, 0.05) is 0 Å². The summed E-state index contributed by atoms with van der Waals surface area (Å²) in [6.45, 7) is 0.839. The van der Waals surface area contributed by atoms with Crippen molar-refractivity contribution in [3.8, 4) is 0 Å². The first-order valence-electron chi connectivity index (χ1n) is 4.82. The van der Waals surface area contributed by atoms with Crippen molar-refractivity contribution in [2.75, 3.05) is 24.3 Å². The third kappa shape index (κ3) is 3.26. The van der Waals surface area contributed by atoms with Crippen LogP contribution in [0.15, 0.2) is 12.1 Å². The molecule has 0 aliphatic heterocycles. The zero-order chi connectivity index (χ0) is 13.1. The van der Waals surface area contributed by atoms with Crippen LogP contribution in [0, 0.1) is 10.1 Å². The highest BCUT2D eigenvalue weighted by Gasteiger charge is 2.23. The monoisotopic (exact) mass is 242 g/mol. The number of aromatic nitrogens is 1. The first-order valence-corrected chi connectivity index (χ1v) is 4.82. The third-order valence-electron chi connectivity index (χ3n) is 2.17. The van der Waals surface area contributed by atoms with Crippen LogP contribution < -0.4 is 11.1 Å². The fourth-order valence-electron chi connectivity index (χ4n) is 1.14. The maximum Gasteiger partial charge on any atom is 0.276 e. The molecule has 0 radical (unpaired) electrons. The minimum Gasteiger partial charge on any atom is -0.394 e. The van der Waals surface area contributed by atoms with Crippen molar-refractivity contribution in [3.05, 3.63) is 22.2 Å². The number of anilines is 2. The van der Waals surface area contributed by atoms with Crippen molar-refractivity contribution in [2.45, 2.75) is 12.5 Å². The average molecular weight is 242 g/mol. The van der Waals surface area contributed by atoms with Gasteiger partial charge in [0.1, 0.15) is 11.6 Å². The van der Waals surface area contributed by atoms with Gasteiger partial charge in [0.2, 0.25) is 0 Å². The Morgan fingerprint density at radius 3 is 2.59 bits per heavy atom. The number of nitrogens with two attached hydrogens (primary N) is 1. The van der Waals surface area contributed by atoms with Gasteiger partial charge in [0.05, 0.1) is 35.8 Å². The van der Waals surface area contributed by atoms with Gasteiger partial charge in [-0.05, 0) is 6.92 Å². The van der Waals surface area contributed by atoms with Gasteiger partial charge in [-0.15, -0.1) is 0 Å². The van der Waals surface area contributed by atoms with E-state index in [1.807, 2.05) is 0 Å². The topological polar surface area (TPSA) is 135 Å². The molecule has 17 heavy (non-hydrogen) atoms. The quantitative estimate of drug-likeness (QED) is 0.412. The van der Waals surface area contributed by atoms with Crippen molar-refractivity contribution in [2.24, 2.45) is 0 Å². The Balaban J connectivity index is 3.02. The number of nitrogens with one attached hydrogen (secondary N) is 1. The molecule has 1 heterocycles. The molecule has 0 saturated heterocycles. The van der Waals surface area contributed by atoms with E-state index < -0.39 is 10.5 Å². The largest absolute Gasteiger partial charge is 0.394 e. The van der Waals surface area contributed by atoms with Crippen molar-refractivity contribution in [3.63, 3.8) is 0 Å². The molecule has 0 aliphatic rings. The standard InChI is InChI=1S/C9H14N4O4/c1-9(4-14,5-15)12-8-3-6(13(16)17)2-7(10)11-8/h2-3,14-15H,4-5H2,1H3,(H3,10,11,12). The Morgan fingerprint density at radius 1 is 1.53 bits per heavy atom. The fraction of sp³-hybridized carbons (Fsp3) is 0.444. The number of hydrogen-bond acceptors (Lipinski definition) is 7. The zero-order valence-electron chi connectivity index (χ0n) is 9.25. The SMILES string of the molecule is CC(CO)(CO)Nc1cc([N+](=O)[O-])cc(N)n1. The van der Waals surface area contributed by atoms with Crippen LogP contribution in [-0.4, -0.2) is 38.9 Å². The summed E-state index contributed by atoms with van der Waals surface area (Å²) >= 11 is 0. The number of nitrogens with zero attached hydrogens (tertiary/aromatic N) is 2. The molecule has 0 saturated carbocycles. The zero-order valence-corrected chi connectivity index (χ0v) is 9.25. The lowest BCUT2D eigenvalue weighted by molar-refractivity contribution is -0.384. The van der Waals surface area contributed by atoms with Crippen molar-refractivity contribution in [1.82, 2.24) is 4.98 Å². The predicted octanol–water partition coefficient (Wildman–Crippen LogP) is -0.273. The molecule has 1 rings (SSSR count). The number of aliphatic hydroxyl groups excluding tert-OH is 2. The van der Waals surface area contributed by atoms with Crippen molar-refractivity contribution < 1.29 is 15.1 Å². The molecule has 0 unspecified atom stereocenters. The van der Waals surface area contributed by atoms with E-state index in [1.54, 1.807) is 6.92 Å². The van der Waals surface area contributed by atoms with Crippen LogP contribution in [0.4, 0.5) is 17.3 Å². The summed E-state index contributed by atoms with van der Waals surface area (Å²) in [5.74, 6) is 0.113. The highest BCUT2D eigenvalue weighted by molar-refractivity contribution is 5.53. The molecule has 5 N–H and O–H groups in total. The van der Waals surface area contributed by atoms with Gasteiger partial charge in [-0.25, -0.2) is 4.98 Å². The molecule has 0 aliphatic carbocycles. The maximum atomic E-state index is 10.6. The Kier molecular flexibility index (Phi) is 3.81. The van der Waals surface area contributed by atoms with E-state index in [1.165, 1.54) is 6.07 Å². The highest BCUT2D eigenvalue weighted by Crippen LogP contribution is 2.21. The Hall–Kier alpha value is -1.93. The molecule has 94 valence electrons. The molecule has 1 aromatic heterocycles. The number of nitrogen functional groups attached to an aromatic ring is 1. The second kappa shape index (κ2) is 4.93. The first-order chi connectivity index (χ1) is 7.90. The second-order valence-electron chi connectivity index (χ2n) is 3.89. The molecule has 8 nitrogen and oxygen atoms in total. The molecule has 0 atom stereocenters. The number of nitro groups is 1. The Bertz CT molecular complexity index is 419. The number of hydrogen-bond donors (Lipinski definition) is 4. The molecule has 1 aromatic rings. The van der Waals surface area contributed by atoms with E-state index in [-0.39, 0.29) is 30.5 Å². The van der Waals surface area contributed by atoms with Crippen molar-refractivity contribution in [1.29, 1.82) is 0 Å². The summed E-state index contributed by atoms with van der Waals surface area (Å²) in [6, 6.07) is 2.31. The van der Waals surface area contributed by atoms with Gasteiger partial charge >= 0.3 is 0 Å². The summed E-state index contributed by atoms with van der Waals surface area (Å²) < 4.78 is 0. The van der Waals surface area contributed by atoms with Gasteiger partial charge in [0.25, 0.3) is 5.69 Å². The Labute approximate surface area is 97.2 Å². The molecule has 0 spiro atoms. The van der Waals surface area contributed by atoms with Crippen molar-refractivity contribution >= 4 is 17.3 Å². The summed E-state index contributed by atoms with van der Waals surface area (Å²) in [6.07, 6.45) is 0. The predicted molar refractivity (Wildman–Crippen MR) is 61.5 cm³/mol. The number of pyridine rings is 1. The summed E-state index contributed by atoms with van der Waals surface area (Å²) in [5, 5.41) is 31.5. The third-order valence-corrected chi connectivity index (χ3v) is 2.17. The van der Waals surface area contributed by atoms with E-state index >= 15 is 0 Å². The molecular formula is C9H14N4O4. The fourth-order valence-corrected chi connectivity index (χ4v) is 1.14. The second-order valence-corrected chi connectivity index (χ2v) is 3.89. The average Bonchev–Trinajstić information content (AvgIpc) is 2.28. The molecule has 8 heteroatoms. The van der Waals surface area contributed by atoms with E-state index in [2.05, 4.69) is 10.3 Å². The lowest BCUT2D eigenvalue weighted by Crippen LogP contribution is -2.42. The van der Waals surface area contributed by atoms with Gasteiger partial charge < -0.3 is 21.3 Å². The molecule has 0 fully saturated rings. The lowest BCUT2D eigenvalue weighted by Gasteiger charge is -2.26. The minimum absolute atomic E-state index is 0.0140. The van der Waals surface area contributed by atoms with Gasteiger partial charge in [-0.3, -0.25) is 10.1 Å². The summed E-state index contributed by atoms with van der Waals surface area (Å²) in [4.78, 5) is 13.8. The molecular weight excluding hydrogens is 228 g/mol. The van der Waals surface area contributed by atoms with Crippen LogP contribution in [0.3, 0.4) is 0 Å². The molecule has 0 amide bonds. The van der Waals surface area contributed by atoms with Crippen LogP contribution in [0.5, 0.6) is 0 Å². The van der Waals surface area contributed by atoms with Crippen LogP contribution in [0.2, 0.25) is 0 Å². The van der Waals surface area contributed by atoms with E-state index in [0.717, 1.165) is 6.07 Å². The van der Waals surface area contributed by atoms with E-state index in [4.69, 9.17) is 15.9 Å². The minimum atomic E-state index is -1.02. The van der Waals surface area contributed by atoms with Gasteiger partial charge in [-0.1, -0.05) is 0 Å². The van der Waals surface area contributed by atoms with Crippen LogP contribution >= 0.6 is 0 Å². The van der Waals surface area contributed by atoms with Crippen LogP contribution in [0.1, 0.15) is 6.92 Å². The number of rotatable bonds is 5. The van der Waals surface area contributed by atoms with Crippen LogP contribution in [0.25, 0.3) is 0 Å². The van der Waals surface area contributed by atoms with Crippen LogP contribution in [-0.2, 0) is 0 Å². The summed E-state index contributed by atoms with van der Waals surface area (Å²) in [5.41, 5.74) is 4.19. The molecule has 0 aromatic carbocycles. The molecule has 0 bridgehead atoms. The van der Waals surface area contributed by atoms with E-state index in [9.17, 15) is 10.1 Å². The highest BCUT2D eigenvalue weighted by atomic mass is 16.6. The maximum absolute atomic E-state index is 10.6. The smallest absolute Gasteiger partial charge is 0.276 e. The van der Waals surface area contributed by atoms with E-state index in [0.29, 0.717) is 0 Å². The number of aliphatic hydroxyl groups is 2. The van der Waals surface area contributed by atoms with Gasteiger partial charge in [0.15, 0.2) is 0 Å². The normalized spacial score (nSPS) is 11.2. The lowest BCUT2D eigenvalue weighted by atomic mass is 10.1. The summed E-state index contributed by atoms with van der Waals surface area (Å²) in [7, 11) is 0. The van der Waals surface area contributed by atoms with Gasteiger partial charge in [-0.2, -0.15) is 0 Å². The Morgan fingerprint density at radius 2 is 2.12 bits per heavy atom.